The number of fused-ring (bicyclic) bond motifs is 1. The monoisotopic (exact) mass is 276 g/mol. The second-order valence-corrected chi connectivity index (χ2v) is 4.83. The zero-order valence-electron chi connectivity index (χ0n) is 11.7. The van der Waals surface area contributed by atoms with Crippen molar-refractivity contribution in [1.29, 1.82) is 0 Å². The molecule has 0 saturated heterocycles. The molecule has 0 unspecified atom stereocenters. The third-order valence-corrected chi connectivity index (χ3v) is 3.23. The molecule has 1 aromatic heterocycles. The third-order valence-electron chi connectivity index (χ3n) is 3.23. The zero-order chi connectivity index (χ0) is 14.4. The molecule has 1 aromatic carbocycles. The van der Waals surface area contributed by atoms with Gasteiger partial charge in [-0.1, -0.05) is 49.5 Å². The molecule has 0 aliphatic carbocycles. The van der Waals surface area contributed by atoms with Crippen molar-refractivity contribution in [3.8, 4) is 0 Å². The Morgan fingerprint density at radius 3 is 2.70 bits per heavy atom. The molecule has 20 heavy (non-hydrogen) atoms. The highest BCUT2D eigenvalue weighted by atomic mass is 16.5. The highest BCUT2D eigenvalue weighted by molar-refractivity contribution is 5.82. The summed E-state index contributed by atoms with van der Waals surface area (Å²) in [6.45, 7) is 2.72. The number of carbonyl (C=O) groups is 1. The van der Waals surface area contributed by atoms with Crippen molar-refractivity contribution in [1.82, 2.24) is 10.1 Å². The van der Waals surface area contributed by atoms with Gasteiger partial charge in [-0.25, -0.2) is 4.79 Å². The number of aromatic nitrogens is 1. The topological polar surface area (TPSA) is 64.2 Å². The number of carbonyl (C=O) groups excluding carboxylic acids is 1. The molecule has 5 nitrogen and oxygen atoms in total. The first-order chi connectivity index (χ1) is 9.74. The van der Waals surface area contributed by atoms with Gasteiger partial charge in [-0.15, -0.1) is 0 Å². The number of benzene rings is 1. The molecule has 1 amide bonds. The maximum Gasteiger partial charge on any atom is 0.358 e. The van der Waals surface area contributed by atoms with E-state index in [1.54, 1.807) is 24.3 Å². The third kappa shape index (κ3) is 3.29. The van der Waals surface area contributed by atoms with Crippen LogP contribution in [-0.2, 0) is 0 Å². The van der Waals surface area contributed by atoms with Crippen molar-refractivity contribution in [3.63, 3.8) is 0 Å². The average molecular weight is 276 g/mol. The average Bonchev–Trinajstić information content (AvgIpc) is 2.80. The SMILES string of the molecule is CCCCCCCNC(=O)n1oc2ccccc2c1=O. The molecular formula is C15H20N2O3. The molecule has 0 fully saturated rings. The molecule has 5 heteroatoms. The summed E-state index contributed by atoms with van der Waals surface area (Å²) in [6, 6.07) is 6.33. The molecule has 108 valence electrons. The van der Waals surface area contributed by atoms with Crippen molar-refractivity contribution in [2.45, 2.75) is 39.0 Å². The zero-order valence-corrected chi connectivity index (χ0v) is 11.7. The van der Waals surface area contributed by atoms with Gasteiger partial charge in [-0.2, -0.15) is 0 Å². The molecule has 0 spiro atoms. The van der Waals surface area contributed by atoms with E-state index in [4.69, 9.17) is 4.52 Å². The lowest BCUT2D eigenvalue weighted by Crippen LogP contribution is -2.34. The van der Waals surface area contributed by atoms with Crippen LogP contribution in [0.1, 0.15) is 39.0 Å². The van der Waals surface area contributed by atoms with E-state index in [-0.39, 0.29) is 0 Å². The van der Waals surface area contributed by atoms with Crippen LogP contribution in [0.15, 0.2) is 33.6 Å². The van der Waals surface area contributed by atoms with E-state index in [0.717, 1.165) is 17.6 Å². The molecular weight excluding hydrogens is 256 g/mol. The van der Waals surface area contributed by atoms with Crippen molar-refractivity contribution >= 4 is 17.0 Å². The highest BCUT2D eigenvalue weighted by Gasteiger charge is 2.14. The summed E-state index contributed by atoms with van der Waals surface area (Å²) >= 11 is 0. The maximum atomic E-state index is 12.0. The molecule has 2 aromatic rings. The van der Waals surface area contributed by atoms with Gasteiger partial charge in [0.2, 0.25) is 0 Å². The van der Waals surface area contributed by atoms with Crippen LogP contribution >= 0.6 is 0 Å². The fraction of sp³-hybridized carbons (Fsp3) is 0.467. The fourth-order valence-corrected chi connectivity index (χ4v) is 2.10. The van der Waals surface area contributed by atoms with Gasteiger partial charge in [0.05, 0.1) is 5.39 Å². The lowest BCUT2D eigenvalue weighted by Gasteiger charge is -2.03. The number of unbranched alkanes of at least 4 members (excludes halogenated alkanes) is 4. The van der Waals surface area contributed by atoms with E-state index < -0.39 is 11.6 Å². The number of para-hydroxylation sites is 1. The van der Waals surface area contributed by atoms with Gasteiger partial charge >= 0.3 is 6.03 Å². The molecule has 1 N–H and O–H groups in total. The van der Waals surface area contributed by atoms with Crippen LogP contribution in [-0.4, -0.2) is 17.3 Å². The Hall–Kier alpha value is -2.04. The number of nitrogens with one attached hydrogen (secondary N) is 1. The smallest absolute Gasteiger partial charge is 0.358 e. The summed E-state index contributed by atoms with van der Waals surface area (Å²) in [5.41, 5.74) is 0.0136. The molecule has 2 rings (SSSR count). The van der Waals surface area contributed by atoms with Gasteiger partial charge in [0.15, 0.2) is 5.58 Å². The quantitative estimate of drug-likeness (QED) is 0.824. The Morgan fingerprint density at radius 2 is 1.95 bits per heavy atom. The molecule has 0 bridgehead atoms. The number of hydrogen-bond donors (Lipinski definition) is 1. The van der Waals surface area contributed by atoms with Gasteiger partial charge in [-0.3, -0.25) is 4.79 Å². The minimum absolute atomic E-state index is 0.413. The minimum Gasteiger partial charge on any atom is -0.366 e. The standard InChI is InChI=1S/C15H20N2O3/c1-2-3-4-5-8-11-16-15(19)17-14(18)12-9-6-7-10-13(12)20-17/h6-7,9-10H,2-5,8,11H2,1H3,(H,16,19). The molecule has 0 aliphatic heterocycles. The van der Waals surface area contributed by atoms with E-state index in [2.05, 4.69) is 12.2 Å². The molecule has 0 saturated carbocycles. The Bertz CT molecular complexity index is 627. The lowest BCUT2D eigenvalue weighted by atomic mass is 10.1. The van der Waals surface area contributed by atoms with E-state index in [0.29, 0.717) is 17.5 Å². The van der Waals surface area contributed by atoms with Gasteiger partial charge in [0.1, 0.15) is 0 Å². The van der Waals surface area contributed by atoms with Crippen LogP contribution in [0.2, 0.25) is 0 Å². The van der Waals surface area contributed by atoms with Crippen LogP contribution in [0.3, 0.4) is 0 Å². The number of amides is 1. The van der Waals surface area contributed by atoms with Gasteiger partial charge in [0.25, 0.3) is 5.56 Å². The first-order valence-corrected chi connectivity index (χ1v) is 7.13. The van der Waals surface area contributed by atoms with E-state index in [1.165, 1.54) is 19.3 Å². The summed E-state index contributed by atoms with van der Waals surface area (Å²) in [4.78, 5) is 23.8. The summed E-state index contributed by atoms with van der Waals surface area (Å²) in [5, 5.41) is 3.13. The Balaban J connectivity index is 1.91. The number of nitrogens with zero attached hydrogens (tertiary/aromatic N) is 1. The van der Waals surface area contributed by atoms with Gasteiger partial charge < -0.3 is 9.84 Å². The van der Waals surface area contributed by atoms with Crippen molar-refractivity contribution in [2.75, 3.05) is 6.54 Å². The summed E-state index contributed by atoms with van der Waals surface area (Å²) in [5.74, 6) is 0. The van der Waals surface area contributed by atoms with Gasteiger partial charge in [0, 0.05) is 6.54 Å². The van der Waals surface area contributed by atoms with E-state index in [9.17, 15) is 9.59 Å². The Morgan fingerprint density at radius 1 is 1.20 bits per heavy atom. The summed E-state index contributed by atoms with van der Waals surface area (Å²) in [6.07, 6.45) is 5.60. The summed E-state index contributed by atoms with van der Waals surface area (Å²) < 4.78 is 6.04. The minimum atomic E-state index is -0.498. The van der Waals surface area contributed by atoms with Crippen molar-refractivity contribution < 1.29 is 9.32 Å². The van der Waals surface area contributed by atoms with Crippen LogP contribution in [0.25, 0.3) is 11.0 Å². The maximum absolute atomic E-state index is 12.0. The molecule has 0 radical (unpaired) electrons. The van der Waals surface area contributed by atoms with E-state index in [1.807, 2.05) is 0 Å². The highest BCUT2D eigenvalue weighted by Crippen LogP contribution is 2.09. The van der Waals surface area contributed by atoms with Gasteiger partial charge in [-0.05, 0) is 18.6 Å². The predicted octanol–water partition coefficient (Wildman–Crippen LogP) is 3.12. The largest absolute Gasteiger partial charge is 0.366 e. The Labute approximate surface area is 117 Å². The second kappa shape index (κ2) is 6.93. The molecule has 0 atom stereocenters. The number of rotatable bonds is 6. The number of hydrogen-bond acceptors (Lipinski definition) is 3. The van der Waals surface area contributed by atoms with Crippen LogP contribution in [0.5, 0.6) is 0 Å². The lowest BCUT2D eigenvalue weighted by molar-refractivity contribution is 0.213. The molecule has 1 heterocycles. The molecule has 0 aliphatic rings. The normalized spacial score (nSPS) is 10.8. The van der Waals surface area contributed by atoms with Crippen LogP contribution in [0.4, 0.5) is 4.79 Å². The fourth-order valence-electron chi connectivity index (χ4n) is 2.10. The van der Waals surface area contributed by atoms with Crippen LogP contribution in [0, 0.1) is 0 Å². The first-order valence-electron chi connectivity index (χ1n) is 7.13. The predicted molar refractivity (Wildman–Crippen MR) is 78.0 cm³/mol. The second-order valence-electron chi connectivity index (χ2n) is 4.83. The van der Waals surface area contributed by atoms with Crippen molar-refractivity contribution in [2.24, 2.45) is 0 Å². The summed E-state index contributed by atoms with van der Waals surface area (Å²) in [7, 11) is 0. The van der Waals surface area contributed by atoms with Crippen LogP contribution < -0.4 is 10.9 Å². The van der Waals surface area contributed by atoms with E-state index >= 15 is 0 Å². The first kappa shape index (κ1) is 14.4. The Kier molecular flexibility index (Phi) is 4.98. The van der Waals surface area contributed by atoms with Crippen molar-refractivity contribution in [3.05, 3.63) is 34.6 Å².